The lowest BCUT2D eigenvalue weighted by molar-refractivity contribution is 0.110. The number of benzene rings is 1. The van der Waals surface area contributed by atoms with E-state index in [1.54, 1.807) is 0 Å². The molecule has 1 aromatic carbocycles. The van der Waals surface area contributed by atoms with Crippen molar-refractivity contribution in [2.24, 2.45) is 4.99 Å². The van der Waals surface area contributed by atoms with Crippen molar-refractivity contribution < 1.29 is 9.53 Å². The molecule has 0 spiro atoms. The highest BCUT2D eigenvalue weighted by Gasteiger charge is 2.19. The highest BCUT2D eigenvalue weighted by atomic mass is 16.6. The number of amides is 1. The molecule has 2 rings (SSSR count). The summed E-state index contributed by atoms with van der Waals surface area (Å²) in [6.45, 7) is 1.99. The number of hydrogen-bond donors (Lipinski definition) is 0. The van der Waals surface area contributed by atoms with Crippen LogP contribution in [0.5, 0.6) is 0 Å². The van der Waals surface area contributed by atoms with Gasteiger partial charge in [0.05, 0.1) is 5.71 Å². The van der Waals surface area contributed by atoms with Crippen LogP contribution in [0.1, 0.15) is 44.6 Å². The number of nitrogens with zero attached hydrogens (tertiary/aromatic N) is 1. The van der Waals surface area contributed by atoms with Gasteiger partial charge in [0.2, 0.25) is 0 Å². The molecule has 0 N–H and O–H groups in total. The Morgan fingerprint density at radius 1 is 1.28 bits per heavy atom. The van der Waals surface area contributed by atoms with Crippen LogP contribution in [0.4, 0.5) is 4.79 Å². The fourth-order valence-corrected chi connectivity index (χ4v) is 2.26. The Labute approximate surface area is 108 Å². The number of carbonyl (C=O) groups is 1. The molecule has 0 bridgehead atoms. The van der Waals surface area contributed by atoms with Crippen molar-refractivity contribution in [3.63, 3.8) is 0 Å². The smallest absolute Gasteiger partial charge is 0.434 e. The molecule has 1 aromatic rings. The van der Waals surface area contributed by atoms with Gasteiger partial charge in [-0.2, -0.15) is 4.99 Å². The zero-order valence-electron chi connectivity index (χ0n) is 10.8. The quantitative estimate of drug-likeness (QED) is 0.756. The first-order chi connectivity index (χ1) is 8.79. The average molecular weight is 245 g/mol. The van der Waals surface area contributed by atoms with Crippen LogP contribution in [0.2, 0.25) is 0 Å². The first kappa shape index (κ1) is 12.8. The summed E-state index contributed by atoms with van der Waals surface area (Å²) in [4.78, 5) is 15.8. The van der Waals surface area contributed by atoms with E-state index >= 15 is 0 Å². The van der Waals surface area contributed by atoms with Gasteiger partial charge in [0.15, 0.2) is 0 Å². The lowest BCUT2D eigenvalue weighted by Crippen LogP contribution is -2.13. The van der Waals surface area contributed by atoms with Crippen LogP contribution < -0.4 is 0 Å². The van der Waals surface area contributed by atoms with Crippen LogP contribution in [0.15, 0.2) is 35.3 Å². The second kappa shape index (κ2) is 6.34. The summed E-state index contributed by atoms with van der Waals surface area (Å²) in [7, 11) is 0. The van der Waals surface area contributed by atoms with E-state index in [4.69, 9.17) is 4.74 Å². The van der Waals surface area contributed by atoms with E-state index in [1.807, 2.05) is 37.3 Å². The van der Waals surface area contributed by atoms with E-state index in [-0.39, 0.29) is 6.10 Å². The van der Waals surface area contributed by atoms with E-state index in [2.05, 4.69) is 4.99 Å². The minimum atomic E-state index is -0.442. The fraction of sp³-hybridized carbons (Fsp3) is 0.467. The molecule has 1 saturated carbocycles. The van der Waals surface area contributed by atoms with E-state index in [1.165, 1.54) is 0 Å². The van der Waals surface area contributed by atoms with Crippen molar-refractivity contribution in [1.29, 1.82) is 0 Å². The average Bonchev–Trinajstić information content (AvgIpc) is 2.90. The minimum absolute atomic E-state index is 0.0788. The molecule has 3 heteroatoms. The van der Waals surface area contributed by atoms with E-state index < -0.39 is 6.09 Å². The van der Waals surface area contributed by atoms with Gasteiger partial charge in [-0.15, -0.1) is 0 Å². The maximum Gasteiger partial charge on any atom is 0.434 e. The Bertz CT molecular complexity index is 419. The summed E-state index contributed by atoms with van der Waals surface area (Å²) in [5, 5.41) is 0. The van der Waals surface area contributed by atoms with Gasteiger partial charge in [0.25, 0.3) is 0 Å². The molecule has 18 heavy (non-hydrogen) atoms. The molecule has 0 aromatic heterocycles. The van der Waals surface area contributed by atoms with Gasteiger partial charge in [0.1, 0.15) is 6.10 Å². The van der Waals surface area contributed by atoms with Crippen molar-refractivity contribution in [1.82, 2.24) is 0 Å². The Morgan fingerprint density at radius 2 is 1.94 bits per heavy atom. The molecule has 0 radical (unpaired) electrons. The third-order valence-corrected chi connectivity index (χ3v) is 3.24. The normalized spacial score (nSPS) is 16.8. The largest absolute Gasteiger partial charge is 0.445 e. The number of rotatable bonds is 3. The Morgan fingerprint density at radius 3 is 2.56 bits per heavy atom. The summed E-state index contributed by atoms with van der Waals surface area (Å²) < 4.78 is 5.34. The molecule has 96 valence electrons. The summed E-state index contributed by atoms with van der Waals surface area (Å²) in [6.07, 6.45) is 4.63. The molecule has 0 aliphatic heterocycles. The van der Waals surface area contributed by atoms with Gasteiger partial charge in [0, 0.05) is 0 Å². The van der Waals surface area contributed by atoms with Crippen molar-refractivity contribution in [3.05, 3.63) is 35.9 Å². The van der Waals surface area contributed by atoms with Crippen LogP contribution in [0.3, 0.4) is 0 Å². The predicted molar refractivity (Wildman–Crippen MR) is 72.0 cm³/mol. The lowest BCUT2D eigenvalue weighted by Gasteiger charge is -2.09. The maximum absolute atomic E-state index is 11.7. The number of aliphatic imine (C=N–C) groups is 1. The first-order valence-corrected chi connectivity index (χ1v) is 6.63. The molecule has 3 nitrogen and oxygen atoms in total. The third kappa shape index (κ3) is 3.42. The highest BCUT2D eigenvalue weighted by Crippen LogP contribution is 2.21. The molecule has 0 unspecified atom stereocenters. The van der Waals surface area contributed by atoms with E-state index in [0.29, 0.717) is 0 Å². The summed E-state index contributed by atoms with van der Waals surface area (Å²) in [5.41, 5.74) is 1.78. The van der Waals surface area contributed by atoms with Gasteiger partial charge in [-0.3, -0.25) is 0 Å². The maximum atomic E-state index is 11.7. The SMILES string of the molecule is CC/C(=N/C(=O)OC1CCCC1)c1ccccc1. The third-order valence-electron chi connectivity index (χ3n) is 3.24. The van der Waals surface area contributed by atoms with Gasteiger partial charge in [-0.05, 0) is 37.7 Å². The molecule has 1 amide bonds. The number of ether oxygens (including phenoxy) is 1. The molecule has 1 aliphatic rings. The second-order valence-corrected chi connectivity index (χ2v) is 4.57. The highest BCUT2D eigenvalue weighted by molar-refractivity contribution is 6.05. The van der Waals surface area contributed by atoms with Gasteiger partial charge in [-0.1, -0.05) is 37.3 Å². The lowest BCUT2D eigenvalue weighted by atomic mass is 10.1. The van der Waals surface area contributed by atoms with Gasteiger partial charge in [-0.25, -0.2) is 4.79 Å². The van der Waals surface area contributed by atoms with Crippen LogP contribution in [0.25, 0.3) is 0 Å². The Balaban J connectivity index is 2.02. The van der Waals surface area contributed by atoms with Crippen LogP contribution in [-0.2, 0) is 4.74 Å². The topological polar surface area (TPSA) is 38.7 Å². The number of carbonyl (C=O) groups excluding carboxylic acids is 1. The summed E-state index contributed by atoms with van der Waals surface area (Å²) >= 11 is 0. The molecule has 1 fully saturated rings. The Hall–Kier alpha value is -1.64. The van der Waals surface area contributed by atoms with Crippen molar-refractivity contribution >= 4 is 11.8 Å². The van der Waals surface area contributed by atoms with E-state index in [0.717, 1.165) is 43.4 Å². The Kier molecular flexibility index (Phi) is 4.51. The van der Waals surface area contributed by atoms with Crippen molar-refractivity contribution in [2.45, 2.75) is 45.1 Å². The van der Waals surface area contributed by atoms with Crippen molar-refractivity contribution in [2.75, 3.05) is 0 Å². The molecule has 0 heterocycles. The zero-order chi connectivity index (χ0) is 12.8. The first-order valence-electron chi connectivity index (χ1n) is 6.63. The monoisotopic (exact) mass is 245 g/mol. The van der Waals surface area contributed by atoms with Gasteiger partial charge < -0.3 is 4.74 Å². The van der Waals surface area contributed by atoms with Crippen molar-refractivity contribution in [3.8, 4) is 0 Å². The van der Waals surface area contributed by atoms with Gasteiger partial charge >= 0.3 is 6.09 Å². The fourth-order valence-electron chi connectivity index (χ4n) is 2.26. The van der Waals surface area contributed by atoms with Crippen LogP contribution >= 0.6 is 0 Å². The second-order valence-electron chi connectivity index (χ2n) is 4.57. The molecular weight excluding hydrogens is 226 g/mol. The summed E-state index contributed by atoms with van der Waals surface area (Å²) in [6, 6.07) is 9.77. The molecule has 1 aliphatic carbocycles. The zero-order valence-corrected chi connectivity index (χ0v) is 10.8. The van der Waals surface area contributed by atoms with Crippen LogP contribution in [0, 0.1) is 0 Å². The molecule has 0 saturated heterocycles. The minimum Gasteiger partial charge on any atom is -0.445 e. The molecule has 0 atom stereocenters. The predicted octanol–water partition coefficient (Wildman–Crippen LogP) is 3.96. The van der Waals surface area contributed by atoms with E-state index in [9.17, 15) is 4.79 Å². The standard InChI is InChI=1S/C15H19NO2/c1-2-14(12-8-4-3-5-9-12)16-15(17)18-13-10-6-7-11-13/h3-5,8-9,13H,2,6-7,10-11H2,1H3/b16-14-. The summed E-state index contributed by atoms with van der Waals surface area (Å²) in [5.74, 6) is 0. The van der Waals surface area contributed by atoms with Crippen LogP contribution in [-0.4, -0.2) is 17.9 Å². The number of hydrogen-bond acceptors (Lipinski definition) is 2. The molecular formula is C15H19NO2.